The van der Waals surface area contributed by atoms with Gasteiger partial charge in [0, 0.05) is 12.8 Å². The molecule has 0 aromatic rings. The molecule has 1 aliphatic heterocycles. The van der Waals surface area contributed by atoms with Crippen molar-refractivity contribution in [3.05, 3.63) is 48.3 Å². The molecule has 0 radical (unpaired) electrons. The monoisotopic (exact) mass is 334 g/mol. The highest BCUT2D eigenvalue weighted by atomic mass is 16.6. The molecule has 1 aliphatic rings. The van der Waals surface area contributed by atoms with Crippen molar-refractivity contribution < 1.29 is 19.7 Å². The summed E-state index contributed by atoms with van der Waals surface area (Å²) in [7, 11) is 0. The van der Waals surface area contributed by atoms with Crippen molar-refractivity contribution in [1.29, 1.82) is 0 Å². The molecule has 0 amide bonds. The summed E-state index contributed by atoms with van der Waals surface area (Å²) in [6, 6.07) is 0. The van der Waals surface area contributed by atoms with E-state index in [1.807, 2.05) is 18.2 Å². The quantitative estimate of drug-likeness (QED) is 0.295. The van der Waals surface area contributed by atoms with Gasteiger partial charge in [0.2, 0.25) is 0 Å². The van der Waals surface area contributed by atoms with E-state index in [4.69, 9.17) is 9.84 Å². The molecule has 134 valence electrons. The molecule has 24 heavy (non-hydrogen) atoms. The Labute approximate surface area is 145 Å². The number of allylic oxidation sites excluding steroid dienone is 4. The first-order chi connectivity index (χ1) is 11.6. The third-order valence-corrected chi connectivity index (χ3v) is 3.66. The summed E-state index contributed by atoms with van der Waals surface area (Å²) in [6.07, 6.45) is 19.9. The van der Waals surface area contributed by atoms with Crippen molar-refractivity contribution in [3.63, 3.8) is 0 Å². The maximum absolute atomic E-state index is 10.4. The number of carboxylic acid groups (broad SMARTS) is 1. The number of hydrogen-bond acceptors (Lipinski definition) is 3. The van der Waals surface area contributed by atoms with E-state index in [1.54, 1.807) is 0 Å². The van der Waals surface area contributed by atoms with Gasteiger partial charge in [-0.15, -0.1) is 0 Å². The van der Waals surface area contributed by atoms with E-state index < -0.39 is 12.1 Å². The van der Waals surface area contributed by atoms with E-state index >= 15 is 0 Å². The highest BCUT2D eigenvalue weighted by Crippen LogP contribution is 2.31. The molecule has 1 heterocycles. The van der Waals surface area contributed by atoms with Gasteiger partial charge in [0.25, 0.3) is 0 Å². The van der Waals surface area contributed by atoms with Crippen LogP contribution < -0.4 is 0 Å². The van der Waals surface area contributed by atoms with Crippen LogP contribution in [0.15, 0.2) is 48.3 Å². The van der Waals surface area contributed by atoms with Crippen LogP contribution in [0.5, 0.6) is 0 Å². The minimum Gasteiger partial charge on any atom is -0.483 e. The zero-order chi connectivity index (χ0) is 17.6. The van der Waals surface area contributed by atoms with Crippen molar-refractivity contribution >= 4 is 5.97 Å². The predicted octanol–water partition coefficient (Wildman–Crippen LogP) is 4.52. The Balaban J connectivity index is 2.07. The fourth-order valence-corrected chi connectivity index (χ4v) is 2.22. The number of epoxide rings is 1. The summed E-state index contributed by atoms with van der Waals surface area (Å²) in [5.74, 6) is 0.217. The number of aliphatic hydroxyl groups is 1. The van der Waals surface area contributed by atoms with Crippen LogP contribution >= 0.6 is 0 Å². The third kappa shape index (κ3) is 10.8. The molecule has 0 aliphatic carbocycles. The van der Waals surface area contributed by atoms with Crippen LogP contribution in [0.3, 0.4) is 0 Å². The molecule has 4 heteroatoms. The van der Waals surface area contributed by atoms with E-state index in [1.165, 1.54) is 0 Å². The number of rotatable bonds is 13. The number of aliphatic carboxylic acids is 1. The topological polar surface area (TPSA) is 70.1 Å². The average molecular weight is 334 g/mol. The lowest BCUT2D eigenvalue weighted by atomic mass is 10.1. The molecular weight excluding hydrogens is 304 g/mol. The first-order valence-corrected chi connectivity index (χ1v) is 8.85. The van der Waals surface area contributed by atoms with Gasteiger partial charge in [-0.05, 0) is 44.6 Å². The zero-order valence-corrected chi connectivity index (χ0v) is 14.6. The van der Waals surface area contributed by atoms with Crippen LogP contribution in [0.25, 0.3) is 0 Å². The van der Waals surface area contributed by atoms with E-state index in [0.717, 1.165) is 31.4 Å². The van der Waals surface area contributed by atoms with Gasteiger partial charge in [-0.25, -0.2) is 0 Å². The zero-order valence-electron chi connectivity index (χ0n) is 14.6. The van der Waals surface area contributed by atoms with Gasteiger partial charge in [-0.3, -0.25) is 4.79 Å². The first kappa shape index (κ1) is 20.2. The molecule has 1 rings (SSSR count). The van der Waals surface area contributed by atoms with Crippen molar-refractivity contribution in [1.82, 2.24) is 0 Å². The van der Waals surface area contributed by atoms with E-state index in [-0.39, 0.29) is 12.5 Å². The Morgan fingerprint density at radius 2 is 1.96 bits per heavy atom. The molecule has 1 fully saturated rings. The molecule has 0 aromatic carbocycles. The molecule has 0 spiro atoms. The van der Waals surface area contributed by atoms with Crippen molar-refractivity contribution in [2.24, 2.45) is 0 Å². The number of ether oxygens (including phenoxy) is 1. The lowest BCUT2D eigenvalue weighted by Crippen LogP contribution is -2.02. The summed E-state index contributed by atoms with van der Waals surface area (Å²) in [6.45, 7) is 2.12. The van der Waals surface area contributed by atoms with Crippen molar-refractivity contribution in [2.75, 3.05) is 0 Å². The fourth-order valence-electron chi connectivity index (χ4n) is 2.22. The Morgan fingerprint density at radius 3 is 2.71 bits per heavy atom. The SMILES string of the molecule is CC/C=C/C/C=C/CC1OC1=CCC(O)C/C=C/CCCC(=O)O. The van der Waals surface area contributed by atoms with Gasteiger partial charge in [-0.1, -0.05) is 43.4 Å². The second kappa shape index (κ2) is 12.6. The minimum absolute atomic E-state index is 0.190. The average Bonchev–Trinajstić information content (AvgIpc) is 3.30. The molecule has 1 saturated heterocycles. The Hall–Kier alpha value is -1.81. The molecule has 0 saturated carbocycles. The molecule has 2 atom stereocenters. The Bertz CT molecular complexity index is 474. The third-order valence-electron chi connectivity index (χ3n) is 3.66. The fraction of sp³-hybridized carbons (Fsp3) is 0.550. The van der Waals surface area contributed by atoms with Crippen LogP contribution in [0.1, 0.15) is 58.3 Å². The number of carboxylic acids is 1. The lowest BCUT2D eigenvalue weighted by molar-refractivity contribution is -0.137. The van der Waals surface area contributed by atoms with Gasteiger partial charge in [-0.2, -0.15) is 0 Å². The Kier molecular flexibility index (Phi) is 10.6. The standard InChI is InChI=1S/C20H30O4/c1-2-3-4-5-6-10-13-18-19(24-18)16-15-17(21)12-9-7-8-11-14-20(22)23/h3-4,6-7,9-10,16-18,21H,2,5,8,11-15H2,1H3,(H,22,23)/b4-3+,9-7+,10-6+,19-16?. The second-order valence-corrected chi connectivity index (χ2v) is 5.92. The van der Waals surface area contributed by atoms with Crippen molar-refractivity contribution in [2.45, 2.75) is 70.5 Å². The van der Waals surface area contributed by atoms with Crippen molar-refractivity contribution in [3.8, 4) is 0 Å². The van der Waals surface area contributed by atoms with Gasteiger partial charge in [0.05, 0.1) is 6.10 Å². The lowest BCUT2D eigenvalue weighted by Gasteiger charge is -2.02. The highest BCUT2D eigenvalue weighted by molar-refractivity contribution is 5.66. The van der Waals surface area contributed by atoms with Gasteiger partial charge >= 0.3 is 5.97 Å². The molecule has 2 N–H and O–H groups in total. The van der Waals surface area contributed by atoms with Crippen LogP contribution in [0.4, 0.5) is 0 Å². The highest BCUT2D eigenvalue weighted by Gasteiger charge is 2.30. The largest absolute Gasteiger partial charge is 0.483 e. The van der Waals surface area contributed by atoms with Crippen LogP contribution in [-0.4, -0.2) is 28.4 Å². The predicted molar refractivity (Wildman–Crippen MR) is 96.6 cm³/mol. The molecule has 0 aromatic heterocycles. The van der Waals surface area contributed by atoms with Gasteiger partial charge < -0.3 is 14.9 Å². The summed E-state index contributed by atoms with van der Waals surface area (Å²) in [4.78, 5) is 10.4. The molecular formula is C20H30O4. The van der Waals surface area contributed by atoms with E-state index in [0.29, 0.717) is 19.3 Å². The summed E-state index contributed by atoms with van der Waals surface area (Å²) in [5.41, 5.74) is 0. The summed E-state index contributed by atoms with van der Waals surface area (Å²) in [5, 5.41) is 18.4. The van der Waals surface area contributed by atoms with E-state index in [2.05, 4.69) is 31.2 Å². The Morgan fingerprint density at radius 1 is 1.17 bits per heavy atom. The van der Waals surface area contributed by atoms with Crippen LogP contribution in [0, 0.1) is 0 Å². The number of aliphatic hydroxyl groups excluding tert-OH is 1. The second-order valence-electron chi connectivity index (χ2n) is 5.92. The molecule has 4 nitrogen and oxygen atoms in total. The maximum atomic E-state index is 10.4. The number of unbranched alkanes of at least 4 members (excludes halogenated alkanes) is 1. The molecule has 2 unspecified atom stereocenters. The van der Waals surface area contributed by atoms with E-state index in [9.17, 15) is 9.90 Å². The summed E-state index contributed by atoms with van der Waals surface area (Å²) < 4.78 is 5.48. The molecule has 0 bridgehead atoms. The number of hydrogen-bond donors (Lipinski definition) is 2. The normalized spacial score (nSPS) is 20.2. The maximum Gasteiger partial charge on any atom is 0.303 e. The van der Waals surface area contributed by atoms with Crippen LogP contribution in [0.2, 0.25) is 0 Å². The van der Waals surface area contributed by atoms with Gasteiger partial charge in [0.15, 0.2) is 6.10 Å². The number of carbonyl (C=O) groups is 1. The minimum atomic E-state index is -0.763. The van der Waals surface area contributed by atoms with Gasteiger partial charge in [0.1, 0.15) is 5.76 Å². The summed E-state index contributed by atoms with van der Waals surface area (Å²) >= 11 is 0. The smallest absolute Gasteiger partial charge is 0.303 e. The van der Waals surface area contributed by atoms with Crippen LogP contribution in [-0.2, 0) is 9.53 Å². The first-order valence-electron chi connectivity index (χ1n) is 8.85.